The zero-order valence-corrected chi connectivity index (χ0v) is 16.0. The zero-order chi connectivity index (χ0) is 20.9. The number of carboxylic acid groups (broad SMARTS) is 1. The summed E-state index contributed by atoms with van der Waals surface area (Å²) in [5, 5.41) is 32.4. The summed E-state index contributed by atoms with van der Waals surface area (Å²) in [4.78, 5) is 23.1. The van der Waals surface area contributed by atoms with Gasteiger partial charge in [-0.2, -0.15) is 0 Å². The maximum Gasteiger partial charge on any atom is 0.407 e. The van der Waals surface area contributed by atoms with Crippen LogP contribution in [0.5, 0.6) is 0 Å². The number of nitrogens with one attached hydrogen (secondary N) is 1. The SMILES string of the molecule is O=C(NCCC(O)C(O)c1ccc(C2(C(=O)O)CC2)cc1)OCc1ccccc1. The van der Waals surface area contributed by atoms with Crippen molar-refractivity contribution in [1.29, 1.82) is 0 Å². The van der Waals surface area contributed by atoms with Gasteiger partial charge in [-0.15, -0.1) is 0 Å². The summed E-state index contributed by atoms with van der Waals surface area (Å²) in [5.74, 6) is -0.837. The third-order valence-electron chi connectivity index (χ3n) is 5.25. The number of carbonyl (C=O) groups excluding carboxylic acids is 1. The van der Waals surface area contributed by atoms with E-state index in [0.29, 0.717) is 24.0 Å². The van der Waals surface area contributed by atoms with E-state index >= 15 is 0 Å². The van der Waals surface area contributed by atoms with Gasteiger partial charge in [0.1, 0.15) is 12.7 Å². The fraction of sp³-hybridized carbons (Fsp3) is 0.364. The highest BCUT2D eigenvalue weighted by molar-refractivity contribution is 5.84. The van der Waals surface area contributed by atoms with Crippen molar-refractivity contribution in [3.8, 4) is 0 Å². The summed E-state index contributed by atoms with van der Waals surface area (Å²) >= 11 is 0. The molecule has 0 aliphatic heterocycles. The number of aliphatic hydroxyl groups is 2. The lowest BCUT2D eigenvalue weighted by molar-refractivity contribution is -0.140. The molecule has 2 aromatic carbocycles. The van der Waals surface area contributed by atoms with Crippen LogP contribution in [-0.2, 0) is 21.6 Å². The molecule has 0 aromatic heterocycles. The molecule has 1 aliphatic carbocycles. The van der Waals surface area contributed by atoms with Crippen LogP contribution in [0, 0.1) is 0 Å². The van der Waals surface area contributed by atoms with Gasteiger partial charge in [0, 0.05) is 6.54 Å². The molecule has 0 saturated heterocycles. The maximum atomic E-state index is 11.7. The number of aliphatic carboxylic acids is 1. The summed E-state index contributed by atoms with van der Waals surface area (Å²) in [6.45, 7) is 0.300. The van der Waals surface area contributed by atoms with Gasteiger partial charge >= 0.3 is 12.1 Å². The number of hydrogen-bond acceptors (Lipinski definition) is 5. The summed E-state index contributed by atoms with van der Waals surface area (Å²) in [6, 6.07) is 15.9. The van der Waals surface area contributed by atoms with Crippen LogP contribution in [0.15, 0.2) is 54.6 Å². The minimum absolute atomic E-state index is 0.141. The molecule has 7 heteroatoms. The minimum atomic E-state index is -1.13. The molecule has 7 nitrogen and oxygen atoms in total. The fourth-order valence-electron chi connectivity index (χ4n) is 3.23. The van der Waals surface area contributed by atoms with Crippen LogP contribution in [0.25, 0.3) is 0 Å². The molecule has 2 atom stereocenters. The zero-order valence-electron chi connectivity index (χ0n) is 16.0. The molecule has 2 aromatic rings. The lowest BCUT2D eigenvalue weighted by atomic mass is 9.93. The molecule has 0 radical (unpaired) electrons. The second kappa shape index (κ2) is 9.07. The first-order valence-electron chi connectivity index (χ1n) is 9.57. The van der Waals surface area contributed by atoms with Gasteiger partial charge < -0.3 is 25.4 Å². The molecule has 1 aliphatic rings. The predicted molar refractivity (Wildman–Crippen MR) is 105 cm³/mol. The first kappa shape index (κ1) is 20.8. The normalized spacial score (nSPS) is 16.5. The Morgan fingerprint density at radius 1 is 1.03 bits per heavy atom. The standard InChI is InChI=1S/C22H25NO6/c24-18(10-13-23-21(28)29-14-15-4-2-1-3-5-15)19(25)16-6-8-17(9-7-16)22(11-12-22)20(26)27/h1-9,18-19,24-25H,10-14H2,(H,23,28)(H,26,27). The van der Waals surface area contributed by atoms with Crippen LogP contribution in [0.3, 0.4) is 0 Å². The van der Waals surface area contributed by atoms with E-state index in [4.69, 9.17) is 4.74 Å². The van der Waals surface area contributed by atoms with E-state index in [2.05, 4.69) is 5.32 Å². The molecule has 1 amide bonds. The van der Waals surface area contributed by atoms with E-state index < -0.39 is 29.7 Å². The number of carbonyl (C=O) groups is 2. The van der Waals surface area contributed by atoms with Gasteiger partial charge in [-0.25, -0.2) is 4.79 Å². The highest BCUT2D eigenvalue weighted by atomic mass is 16.5. The van der Waals surface area contributed by atoms with Gasteiger partial charge in [-0.3, -0.25) is 4.79 Å². The van der Waals surface area contributed by atoms with Crippen LogP contribution in [0.2, 0.25) is 0 Å². The van der Waals surface area contributed by atoms with Gasteiger partial charge in [-0.1, -0.05) is 54.6 Å². The van der Waals surface area contributed by atoms with Crippen molar-refractivity contribution in [3.63, 3.8) is 0 Å². The lowest BCUT2D eigenvalue weighted by Crippen LogP contribution is -2.29. The van der Waals surface area contributed by atoms with Gasteiger partial charge in [0.2, 0.25) is 0 Å². The van der Waals surface area contributed by atoms with Crippen LogP contribution in [0.4, 0.5) is 4.79 Å². The van der Waals surface area contributed by atoms with Crippen LogP contribution in [0.1, 0.15) is 42.1 Å². The maximum absolute atomic E-state index is 11.7. The number of benzene rings is 2. The third-order valence-corrected chi connectivity index (χ3v) is 5.25. The summed E-state index contributed by atoms with van der Waals surface area (Å²) < 4.78 is 5.08. The summed E-state index contributed by atoms with van der Waals surface area (Å²) in [6.07, 6.45) is -1.45. The Morgan fingerprint density at radius 2 is 1.69 bits per heavy atom. The molecule has 1 fully saturated rings. The van der Waals surface area contributed by atoms with E-state index in [1.807, 2.05) is 30.3 Å². The van der Waals surface area contributed by atoms with Crippen molar-refractivity contribution >= 4 is 12.1 Å². The molecule has 0 spiro atoms. The average Bonchev–Trinajstić information content (AvgIpc) is 3.55. The van der Waals surface area contributed by atoms with E-state index in [1.165, 1.54) is 0 Å². The van der Waals surface area contributed by atoms with Crippen molar-refractivity contribution in [3.05, 3.63) is 71.3 Å². The molecule has 2 unspecified atom stereocenters. The Bertz CT molecular complexity index is 832. The molecule has 0 heterocycles. The molecule has 4 N–H and O–H groups in total. The smallest absolute Gasteiger partial charge is 0.407 e. The van der Waals surface area contributed by atoms with Crippen molar-refractivity contribution in [2.24, 2.45) is 0 Å². The first-order valence-corrected chi connectivity index (χ1v) is 9.57. The van der Waals surface area contributed by atoms with E-state index in [1.54, 1.807) is 24.3 Å². The number of rotatable bonds is 9. The number of ether oxygens (including phenoxy) is 1. The number of carboxylic acids is 1. The number of hydrogen-bond donors (Lipinski definition) is 4. The summed E-state index contributed by atoms with van der Waals surface area (Å²) in [7, 11) is 0. The molecule has 154 valence electrons. The topological polar surface area (TPSA) is 116 Å². The van der Waals surface area contributed by atoms with Crippen molar-refractivity contribution in [2.45, 2.75) is 43.5 Å². The Balaban J connectivity index is 1.42. The van der Waals surface area contributed by atoms with E-state index in [0.717, 1.165) is 5.56 Å². The third kappa shape index (κ3) is 5.13. The summed E-state index contributed by atoms with van der Waals surface area (Å²) in [5.41, 5.74) is 1.27. The van der Waals surface area contributed by atoms with Crippen LogP contribution >= 0.6 is 0 Å². The predicted octanol–water partition coefficient (Wildman–Crippen LogP) is 2.51. The van der Waals surface area contributed by atoms with Gasteiger partial charge in [0.05, 0.1) is 11.5 Å². The second-order valence-electron chi connectivity index (χ2n) is 7.30. The highest BCUT2D eigenvalue weighted by Gasteiger charge is 2.51. The van der Waals surface area contributed by atoms with Gasteiger partial charge in [0.25, 0.3) is 0 Å². The molecule has 3 rings (SSSR count). The van der Waals surface area contributed by atoms with Crippen LogP contribution < -0.4 is 5.32 Å². The number of alkyl carbamates (subject to hydrolysis) is 1. The molecule has 29 heavy (non-hydrogen) atoms. The second-order valence-corrected chi connectivity index (χ2v) is 7.30. The lowest BCUT2D eigenvalue weighted by Gasteiger charge is -2.19. The van der Waals surface area contributed by atoms with E-state index in [-0.39, 0.29) is 19.6 Å². The Labute approximate surface area is 169 Å². The van der Waals surface area contributed by atoms with Crippen LogP contribution in [-0.4, -0.2) is 40.0 Å². The fourth-order valence-corrected chi connectivity index (χ4v) is 3.23. The Kier molecular flexibility index (Phi) is 6.51. The quantitative estimate of drug-likeness (QED) is 0.515. The molecule has 1 saturated carbocycles. The van der Waals surface area contributed by atoms with Gasteiger partial charge in [-0.05, 0) is 36.0 Å². The van der Waals surface area contributed by atoms with Crippen molar-refractivity contribution < 1.29 is 29.6 Å². The largest absolute Gasteiger partial charge is 0.481 e. The van der Waals surface area contributed by atoms with Gasteiger partial charge in [0.15, 0.2) is 0 Å². The highest BCUT2D eigenvalue weighted by Crippen LogP contribution is 2.48. The Morgan fingerprint density at radius 3 is 2.28 bits per heavy atom. The van der Waals surface area contributed by atoms with Crippen molar-refractivity contribution in [2.75, 3.05) is 6.54 Å². The first-order chi connectivity index (χ1) is 13.9. The minimum Gasteiger partial charge on any atom is -0.481 e. The Hall–Kier alpha value is -2.90. The molecule has 0 bridgehead atoms. The monoisotopic (exact) mass is 399 g/mol. The number of aliphatic hydroxyl groups excluding tert-OH is 2. The average molecular weight is 399 g/mol. The van der Waals surface area contributed by atoms with Crippen molar-refractivity contribution in [1.82, 2.24) is 5.32 Å². The number of amides is 1. The molecular weight excluding hydrogens is 374 g/mol. The molecular formula is C22H25NO6. The van der Waals surface area contributed by atoms with E-state index in [9.17, 15) is 24.9 Å².